The molecule has 2 amide bonds. The highest BCUT2D eigenvalue weighted by Crippen LogP contribution is 2.34. The van der Waals surface area contributed by atoms with E-state index in [9.17, 15) is 19.5 Å². The van der Waals surface area contributed by atoms with Gasteiger partial charge in [-0.1, -0.05) is 131 Å². The number of nitrogens with one attached hydrogen (secondary N) is 2. The SMILES string of the molecule is CCCCCCCC/C=C/CCCCCCCC(=O)O[C@@H]1Cc2ccccc2C1NC(=O)[C@@H](Cc1ccccc1)C[C@H](O)CN1CCN(Cc2cccnc2)C[C@H]1C(=O)NC(C)(C)C. The molecule has 10 heteroatoms. The average Bonchev–Trinajstić information content (AvgIpc) is 3.61. The smallest absolute Gasteiger partial charge is 0.306 e. The Morgan fingerprint density at radius 2 is 1.52 bits per heavy atom. The van der Waals surface area contributed by atoms with Gasteiger partial charge in [-0.15, -0.1) is 0 Å². The number of esters is 1. The highest BCUT2D eigenvalue weighted by Gasteiger charge is 2.39. The quantitative estimate of drug-likeness (QED) is 0.0394. The summed E-state index contributed by atoms with van der Waals surface area (Å²) in [4.78, 5) is 50.1. The number of hydrogen-bond acceptors (Lipinski definition) is 8. The van der Waals surface area contributed by atoms with Gasteiger partial charge >= 0.3 is 5.97 Å². The first kappa shape index (κ1) is 50.6. The van der Waals surface area contributed by atoms with Crippen LogP contribution in [-0.2, 0) is 38.5 Å². The van der Waals surface area contributed by atoms with Crippen molar-refractivity contribution in [2.75, 3.05) is 26.2 Å². The van der Waals surface area contributed by atoms with E-state index in [1.165, 1.54) is 51.4 Å². The second-order valence-electron chi connectivity index (χ2n) is 19.4. The van der Waals surface area contributed by atoms with Crippen LogP contribution < -0.4 is 10.6 Å². The number of aliphatic hydroxyl groups is 1. The minimum absolute atomic E-state index is 0.0769. The molecule has 3 aromatic rings. The number of ether oxygens (including phenoxy) is 1. The number of amides is 2. The maximum absolute atomic E-state index is 14.5. The average molecular weight is 878 g/mol. The van der Waals surface area contributed by atoms with E-state index in [0.717, 1.165) is 60.9 Å². The van der Waals surface area contributed by atoms with Crippen molar-refractivity contribution in [1.29, 1.82) is 0 Å². The van der Waals surface area contributed by atoms with E-state index in [2.05, 4.69) is 44.5 Å². The largest absolute Gasteiger partial charge is 0.459 e. The Hall–Kier alpha value is -4.38. The molecular weight excluding hydrogens is 799 g/mol. The van der Waals surface area contributed by atoms with Crippen LogP contribution in [0, 0.1) is 5.92 Å². The summed E-state index contributed by atoms with van der Waals surface area (Å²) in [5.74, 6) is -1.05. The van der Waals surface area contributed by atoms with Gasteiger partial charge in [-0.25, -0.2) is 0 Å². The lowest BCUT2D eigenvalue weighted by Crippen LogP contribution is -2.61. The number of carbonyl (C=O) groups excluding carboxylic acids is 3. The standard InChI is InChI=1S/C54H79N5O5/c1-5-6-7-8-9-10-11-12-13-14-15-16-17-18-22-31-50(61)64-49-37-44-29-23-24-30-47(44)51(49)56-52(62)45(35-42-26-20-19-21-27-42)36-46(60)40-59-34-33-58(39-43-28-25-32-55-38-43)41-48(59)53(63)57-54(2,3)4/h12-13,19-21,23-30,32,38,45-46,48-49,51,60H,5-11,14-18,22,31,33-37,39-41H2,1-4H3,(H,56,62)(H,57,63)/b13-12+/t45-,46-,48-,49+,51?/m0/s1. The topological polar surface area (TPSA) is 124 Å². The number of rotatable bonds is 27. The Morgan fingerprint density at radius 3 is 2.22 bits per heavy atom. The number of carbonyl (C=O) groups is 3. The van der Waals surface area contributed by atoms with E-state index in [1.54, 1.807) is 6.20 Å². The zero-order chi connectivity index (χ0) is 45.6. The zero-order valence-corrected chi connectivity index (χ0v) is 39.5. The number of allylic oxidation sites excluding steroid dienone is 2. The lowest BCUT2D eigenvalue weighted by molar-refractivity contribution is -0.151. The summed E-state index contributed by atoms with van der Waals surface area (Å²) in [6.07, 6.45) is 24.0. The number of unbranched alkanes of at least 4 members (excludes halogenated alkanes) is 11. The van der Waals surface area contributed by atoms with Crippen molar-refractivity contribution in [1.82, 2.24) is 25.4 Å². The van der Waals surface area contributed by atoms with Crippen LogP contribution in [0.3, 0.4) is 0 Å². The van der Waals surface area contributed by atoms with Crippen LogP contribution >= 0.6 is 0 Å². The maximum Gasteiger partial charge on any atom is 0.306 e. The van der Waals surface area contributed by atoms with Gasteiger partial charge in [0.1, 0.15) is 12.1 Å². The summed E-state index contributed by atoms with van der Waals surface area (Å²) in [5, 5.41) is 18.3. The van der Waals surface area contributed by atoms with Crippen LogP contribution in [0.15, 0.2) is 91.3 Å². The third-order valence-corrected chi connectivity index (χ3v) is 12.6. The van der Waals surface area contributed by atoms with E-state index in [-0.39, 0.29) is 30.7 Å². The fourth-order valence-corrected chi connectivity index (χ4v) is 9.22. The molecular formula is C54H79N5O5. The van der Waals surface area contributed by atoms with E-state index in [4.69, 9.17) is 4.74 Å². The van der Waals surface area contributed by atoms with Crippen molar-refractivity contribution in [2.45, 2.75) is 173 Å². The molecule has 1 aliphatic carbocycles. The number of aromatic nitrogens is 1. The van der Waals surface area contributed by atoms with Gasteiger partial charge in [-0.3, -0.25) is 29.2 Å². The molecule has 1 aliphatic heterocycles. The Bertz CT molecular complexity index is 1850. The van der Waals surface area contributed by atoms with E-state index in [1.807, 2.05) is 93.7 Å². The minimum Gasteiger partial charge on any atom is -0.459 e. The molecule has 0 bridgehead atoms. The number of aliphatic hydroxyl groups excluding tert-OH is 1. The predicted molar refractivity (Wildman–Crippen MR) is 257 cm³/mol. The van der Waals surface area contributed by atoms with Gasteiger partial charge in [0, 0.05) is 69.4 Å². The van der Waals surface area contributed by atoms with Gasteiger partial charge < -0.3 is 20.5 Å². The van der Waals surface area contributed by atoms with Crippen LogP contribution in [0.2, 0.25) is 0 Å². The summed E-state index contributed by atoms with van der Waals surface area (Å²) in [5.41, 5.74) is 3.69. The lowest BCUT2D eigenvalue weighted by Gasteiger charge is -2.42. The molecule has 5 atom stereocenters. The normalized spacial score (nSPS) is 19.0. The van der Waals surface area contributed by atoms with Crippen molar-refractivity contribution < 1.29 is 24.2 Å². The first-order chi connectivity index (χ1) is 31.0. The van der Waals surface area contributed by atoms with Crippen LogP contribution in [0.4, 0.5) is 0 Å². The van der Waals surface area contributed by atoms with Crippen molar-refractivity contribution in [2.24, 2.45) is 5.92 Å². The Morgan fingerprint density at radius 1 is 0.844 bits per heavy atom. The van der Waals surface area contributed by atoms with Crippen molar-refractivity contribution in [3.05, 3.63) is 114 Å². The van der Waals surface area contributed by atoms with Crippen molar-refractivity contribution in [3.63, 3.8) is 0 Å². The second-order valence-corrected chi connectivity index (χ2v) is 19.4. The summed E-state index contributed by atoms with van der Waals surface area (Å²) in [6.45, 7) is 11.0. The molecule has 2 heterocycles. The molecule has 2 aromatic carbocycles. The summed E-state index contributed by atoms with van der Waals surface area (Å²) < 4.78 is 6.16. The first-order valence-corrected chi connectivity index (χ1v) is 24.6. The van der Waals surface area contributed by atoms with E-state index >= 15 is 0 Å². The predicted octanol–water partition coefficient (Wildman–Crippen LogP) is 9.46. The van der Waals surface area contributed by atoms with Crippen molar-refractivity contribution >= 4 is 17.8 Å². The zero-order valence-electron chi connectivity index (χ0n) is 39.5. The Kier molecular flexibility index (Phi) is 21.5. The fraction of sp³-hybridized carbons (Fsp3) is 0.593. The number of fused-ring (bicyclic) bond motifs is 1. The highest BCUT2D eigenvalue weighted by atomic mass is 16.5. The molecule has 0 saturated carbocycles. The molecule has 5 rings (SSSR count). The van der Waals surface area contributed by atoms with Gasteiger partial charge in [0.2, 0.25) is 11.8 Å². The number of benzene rings is 2. The molecule has 2 aliphatic rings. The van der Waals surface area contributed by atoms with Crippen LogP contribution in [-0.4, -0.2) is 87.6 Å². The number of β-amino-alcohol motifs (C(OH)–C–C–N with tert-alkyl or cyclic N) is 1. The second kappa shape index (κ2) is 27.2. The van der Waals surface area contributed by atoms with Gasteiger partial charge in [-0.05, 0) is 94.0 Å². The van der Waals surface area contributed by atoms with Crippen LogP contribution in [0.25, 0.3) is 0 Å². The van der Waals surface area contributed by atoms with Gasteiger partial charge in [0.25, 0.3) is 0 Å². The van der Waals surface area contributed by atoms with Gasteiger partial charge in [-0.2, -0.15) is 0 Å². The number of piperazine rings is 1. The maximum atomic E-state index is 14.5. The molecule has 10 nitrogen and oxygen atoms in total. The number of hydrogen-bond donors (Lipinski definition) is 3. The molecule has 1 saturated heterocycles. The van der Waals surface area contributed by atoms with Crippen LogP contribution in [0.5, 0.6) is 0 Å². The van der Waals surface area contributed by atoms with Crippen LogP contribution in [0.1, 0.15) is 152 Å². The highest BCUT2D eigenvalue weighted by molar-refractivity contribution is 5.83. The first-order valence-electron chi connectivity index (χ1n) is 24.6. The number of pyridine rings is 1. The monoisotopic (exact) mass is 878 g/mol. The molecule has 1 unspecified atom stereocenters. The molecule has 0 spiro atoms. The number of nitrogens with zero attached hydrogens (tertiary/aromatic N) is 3. The molecule has 64 heavy (non-hydrogen) atoms. The third-order valence-electron chi connectivity index (χ3n) is 12.6. The van der Waals surface area contributed by atoms with Crippen molar-refractivity contribution in [3.8, 4) is 0 Å². The molecule has 350 valence electrons. The molecule has 1 fully saturated rings. The lowest BCUT2D eigenvalue weighted by atomic mass is 9.91. The summed E-state index contributed by atoms with van der Waals surface area (Å²) >= 11 is 0. The molecule has 3 N–H and O–H groups in total. The Labute approximate surface area is 385 Å². The fourth-order valence-electron chi connectivity index (χ4n) is 9.22. The molecule has 0 radical (unpaired) electrons. The summed E-state index contributed by atoms with van der Waals surface area (Å²) in [7, 11) is 0. The minimum atomic E-state index is -0.870. The Balaban J connectivity index is 1.15. The molecule has 1 aromatic heterocycles. The van der Waals surface area contributed by atoms with Gasteiger partial charge in [0.15, 0.2) is 0 Å². The van der Waals surface area contributed by atoms with Gasteiger partial charge in [0.05, 0.1) is 12.1 Å². The van der Waals surface area contributed by atoms with E-state index in [0.29, 0.717) is 38.9 Å². The summed E-state index contributed by atoms with van der Waals surface area (Å²) in [6, 6.07) is 20.9. The third kappa shape index (κ3) is 17.9. The van der Waals surface area contributed by atoms with E-state index < -0.39 is 35.7 Å².